The van der Waals surface area contributed by atoms with Crippen molar-refractivity contribution < 1.29 is 0 Å². The summed E-state index contributed by atoms with van der Waals surface area (Å²) in [6, 6.07) is 15.1. The summed E-state index contributed by atoms with van der Waals surface area (Å²) in [7, 11) is 0. The van der Waals surface area contributed by atoms with Gasteiger partial charge in [-0.15, -0.1) is 0 Å². The van der Waals surface area contributed by atoms with Gasteiger partial charge in [-0.25, -0.2) is 0 Å². The largest absolute Gasteiger partial charge is 0.313 e. The molecule has 0 atom stereocenters. The van der Waals surface area contributed by atoms with Crippen LogP contribution in [0, 0.1) is 0 Å². The minimum Gasteiger partial charge on any atom is -0.313 e. The average molecular weight is 245 g/mol. The molecule has 0 aliphatic carbocycles. The minimum absolute atomic E-state index is 0.960. The Bertz CT molecular complexity index is 421. The second-order valence-corrected chi connectivity index (χ2v) is 3.46. The highest BCUT2D eigenvalue weighted by atomic mass is 14.8. The van der Waals surface area contributed by atoms with E-state index in [-0.39, 0.29) is 0 Å². The van der Waals surface area contributed by atoms with E-state index in [1.807, 2.05) is 27.7 Å². The molecule has 0 radical (unpaired) electrons. The smallest absolute Gasteiger partial charge is 0.0205 e. The van der Waals surface area contributed by atoms with Crippen LogP contribution in [-0.2, 0) is 6.54 Å². The predicted molar refractivity (Wildman–Crippen MR) is 84.0 cm³/mol. The number of benzene rings is 2. The summed E-state index contributed by atoms with van der Waals surface area (Å²) < 4.78 is 0. The molecule has 0 heterocycles. The predicted octanol–water partition coefficient (Wildman–Crippen LogP) is 5.00. The highest BCUT2D eigenvalue weighted by Crippen LogP contribution is 2.15. The van der Waals surface area contributed by atoms with Crippen molar-refractivity contribution in [2.45, 2.75) is 41.2 Å². The van der Waals surface area contributed by atoms with E-state index in [1.165, 1.54) is 16.3 Å². The Balaban J connectivity index is 0.000000659. The fourth-order valence-corrected chi connectivity index (χ4v) is 1.62. The quantitative estimate of drug-likeness (QED) is 0.802. The second-order valence-electron chi connectivity index (χ2n) is 3.46. The van der Waals surface area contributed by atoms with Gasteiger partial charge in [0.15, 0.2) is 0 Å². The van der Waals surface area contributed by atoms with Gasteiger partial charge in [-0.1, -0.05) is 71.0 Å². The van der Waals surface area contributed by atoms with E-state index in [0.717, 1.165) is 13.1 Å². The number of fused-ring (bicyclic) bond motifs is 1. The molecule has 2 aromatic rings. The van der Waals surface area contributed by atoms with E-state index in [2.05, 4.69) is 54.7 Å². The van der Waals surface area contributed by atoms with E-state index < -0.39 is 0 Å². The first-order chi connectivity index (χ1) is 8.90. The van der Waals surface area contributed by atoms with Crippen LogP contribution >= 0.6 is 0 Å². The summed E-state index contributed by atoms with van der Waals surface area (Å²) >= 11 is 0. The van der Waals surface area contributed by atoms with E-state index >= 15 is 0 Å². The summed E-state index contributed by atoms with van der Waals surface area (Å²) in [5, 5.41) is 5.96. The van der Waals surface area contributed by atoms with Crippen molar-refractivity contribution >= 4 is 10.8 Å². The van der Waals surface area contributed by atoms with Crippen molar-refractivity contribution in [1.29, 1.82) is 0 Å². The second kappa shape index (κ2) is 10.8. The summed E-state index contributed by atoms with van der Waals surface area (Å²) in [5.41, 5.74) is 1.35. The van der Waals surface area contributed by atoms with Gasteiger partial charge in [0, 0.05) is 6.54 Å². The van der Waals surface area contributed by atoms with Crippen molar-refractivity contribution in [2.75, 3.05) is 6.54 Å². The standard InChI is InChI=1S/C13H15N.2C2H6/c1-2-14-10-11-7-8-12-5-3-4-6-13(12)9-11;2*1-2/h3-9,14H,2,10H2,1H3;2*1-2H3. The Morgan fingerprint density at radius 2 is 1.44 bits per heavy atom. The SMILES string of the molecule is CC.CC.CCNCc1ccc2ccccc2c1. The van der Waals surface area contributed by atoms with Gasteiger partial charge in [0.05, 0.1) is 0 Å². The van der Waals surface area contributed by atoms with Crippen molar-refractivity contribution in [3.63, 3.8) is 0 Å². The van der Waals surface area contributed by atoms with E-state index in [4.69, 9.17) is 0 Å². The Morgan fingerprint density at radius 1 is 0.833 bits per heavy atom. The number of nitrogens with one attached hydrogen (secondary N) is 1. The molecule has 0 fully saturated rings. The van der Waals surface area contributed by atoms with Crippen molar-refractivity contribution in [1.82, 2.24) is 5.32 Å². The lowest BCUT2D eigenvalue weighted by Gasteiger charge is -2.03. The molecule has 0 aromatic heterocycles. The van der Waals surface area contributed by atoms with Crippen LogP contribution in [0.5, 0.6) is 0 Å². The van der Waals surface area contributed by atoms with Crippen LogP contribution in [0.2, 0.25) is 0 Å². The molecule has 0 aliphatic rings. The van der Waals surface area contributed by atoms with Crippen molar-refractivity contribution in [2.24, 2.45) is 0 Å². The van der Waals surface area contributed by atoms with Crippen molar-refractivity contribution in [3.8, 4) is 0 Å². The summed E-state index contributed by atoms with van der Waals surface area (Å²) in [5.74, 6) is 0. The summed E-state index contributed by atoms with van der Waals surface area (Å²) in [6.45, 7) is 12.1. The fraction of sp³-hybridized carbons (Fsp3) is 0.412. The molecule has 100 valence electrons. The van der Waals surface area contributed by atoms with Crippen LogP contribution in [-0.4, -0.2) is 6.54 Å². The van der Waals surface area contributed by atoms with Gasteiger partial charge in [-0.05, 0) is 28.9 Å². The number of hydrogen-bond donors (Lipinski definition) is 1. The van der Waals surface area contributed by atoms with Gasteiger partial charge >= 0.3 is 0 Å². The molecule has 0 amide bonds. The van der Waals surface area contributed by atoms with Gasteiger partial charge in [0.1, 0.15) is 0 Å². The third-order valence-corrected chi connectivity index (χ3v) is 2.39. The molecule has 0 bridgehead atoms. The van der Waals surface area contributed by atoms with Crippen LogP contribution in [0.1, 0.15) is 40.2 Å². The zero-order chi connectivity index (χ0) is 13.8. The number of hydrogen-bond acceptors (Lipinski definition) is 1. The third-order valence-electron chi connectivity index (χ3n) is 2.39. The Hall–Kier alpha value is -1.34. The zero-order valence-corrected chi connectivity index (χ0v) is 12.5. The van der Waals surface area contributed by atoms with Crippen LogP contribution in [0.3, 0.4) is 0 Å². The fourth-order valence-electron chi connectivity index (χ4n) is 1.62. The normalized spacial score (nSPS) is 8.94. The molecule has 18 heavy (non-hydrogen) atoms. The van der Waals surface area contributed by atoms with Gasteiger partial charge in [0.25, 0.3) is 0 Å². The number of rotatable bonds is 3. The molecule has 0 unspecified atom stereocenters. The van der Waals surface area contributed by atoms with Gasteiger partial charge < -0.3 is 5.32 Å². The van der Waals surface area contributed by atoms with Crippen LogP contribution in [0.4, 0.5) is 0 Å². The monoisotopic (exact) mass is 245 g/mol. The molecule has 0 aliphatic heterocycles. The van der Waals surface area contributed by atoms with Gasteiger partial charge in [-0.2, -0.15) is 0 Å². The maximum Gasteiger partial charge on any atom is 0.0205 e. The maximum atomic E-state index is 3.33. The molecule has 2 aromatic carbocycles. The third kappa shape index (κ3) is 5.33. The molecule has 0 saturated heterocycles. The van der Waals surface area contributed by atoms with Gasteiger partial charge in [-0.3, -0.25) is 0 Å². The van der Waals surface area contributed by atoms with E-state index in [1.54, 1.807) is 0 Å². The van der Waals surface area contributed by atoms with Crippen LogP contribution in [0.25, 0.3) is 10.8 Å². The summed E-state index contributed by atoms with van der Waals surface area (Å²) in [6.07, 6.45) is 0. The molecule has 0 saturated carbocycles. The lowest BCUT2D eigenvalue weighted by Crippen LogP contribution is -2.11. The minimum atomic E-state index is 0.960. The highest BCUT2D eigenvalue weighted by Gasteiger charge is 1.94. The van der Waals surface area contributed by atoms with E-state index in [9.17, 15) is 0 Å². The average Bonchev–Trinajstić information content (AvgIpc) is 2.49. The van der Waals surface area contributed by atoms with Crippen molar-refractivity contribution in [3.05, 3.63) is 48.0 Å². The molecular weight excluding hydrogens is 218 g/mol. The molecule has 1 nitrogen and oxygen atoms in total. The lowest BCUT2D eigenvalue weighted by atomic mass is 10.1. The first-order valence-corrected chi connectivity index (χ1v) is 7.08. The molecule has 0 spiro atoms. The molecular formula is C17H27N. The lowest BCUT2D eigenvalue weighted by molar-refractivity contribution is 0.727. The van der Waals surface area contributed by atoms with E-state index in [0.29, 0.717) is 0 Å². The molecule has 2 rings (SSSR count). The Morgan fingerprint density at radius 3 is 2.06 bits per heavy atom. The van der Waals surface area contributed by atoms with Crippen LogP contribution in [0.15, 0.2) is 42.5 Å². The topological polar surface area (TPSA) is 12.0 Å². The first-order valence-electron chi connectivity index (χ1n) is 7.08. The van der Waals surface area contributed by atoms with Crippen LogP contribution < -0.4 is 5.32 Å². The Labute approximate surface area is 112 Å². The Kier molecular flexibility index (Phi) is 9.99. The molecule has 1 N–H and O–H groups in total. The first kappa shape index (κ1) is 16.7. The molecule has 1 heteroatoms. The van der Waals surface area contributed by atoms with Gasteiger partial charge in [0.2, 0.25) is 0 Å². The highest BCUT2D eigenvalue weighted by molar-refractivity contribution is 5.82. The maximum absolute atomic E-state index is 3.33. The summed E-state index contributed by atoms with van der Waals surface area (Å²) in [4.78, 5) is 0. The zero-order valence-electron chi connectivity index (χ0n) is 12.5.